The number of ether oxygens (including phenoxy) is 1. The van der Waals surface area contributed by atoms with Crippen LogP contribution in [0.25, 0.3) is 0 Å². The zero-order valence-electron chi connectivity index (χ0n) is 15.4. The zero-order chi connectivity index (χ0) is 17.4. The van der Waals surface area contributed by atoms with Crippen LogP contribution in [-0.4, -0.2) is 18.5 Å². The number of aliphatic imine (C=N–C) groups is 1. The van der Waals surface area contributed by atoms with Gasteiger partial charge in [-0.15, -0.1) is 24.0 Å². The number of nitrogens with zero attached hydrogens (tertiary/aromatic N) is 1. The maximum Gasteiger partial charge on any atom is 0.191 e. The van der Waals surface area contributed by atoms with E-state index < -0.39 is 0 Å². The van der Waals surface area contributed by atoms with Crippen molar-refractivity contribution in [3.05, 3.63) is 65.7 Å². The number of hydrogen-bond donors (Lipinski definition) is 2. The highest BCUT2D eigenvalue weighted by atomic mass is 127. The number of nitrogens with one attached hydrogen (secondary N) is 2. The smallest absolute Gasteiger partial charge is 0.191 e. The van der Waals surface area contributed by atoms with Gasteiger partial charge in [0.05, 0.1) is 0 Å². The van der Waals surface area contributed by atoms with Gasteiger partial charge in [0.2, 0.25) is 0 Å². The summed E-state index contributed by atoms with van der Waals surface area (Å²) < 4.78 is 5.76. The van der Waals surface area contributed by atoms with E-state index in [-0.39, 0.29) is 29.5 Å². The number of benzene rings is 2. The van der Waals surface area contributed by atoms with Crippen LogP contribution in [0.1, 0.15) is 31.9 Å². The quantitative estimate of drug-likeness (QED) is 0.402. The molecule has 0 atom stereocenters. The van der Waals surface area contributed by atoms with Gasteiger partial charge in [0.15, 0.2) is 5.96 Å². The van der Waals surface area contributed by atoms with E-state index in [1.54, 1.807) is 7.05 Å². The van der Waals surface area contributed by atoms with E-state index in [1.165, 1.54) is 5.56 Å². The van der Waals surface area contributed by atoms with E-state index in [2.05, 4.69) is 60.7 Å². The highest BCUT2D eigenvalue weighted by molar-refractivity contribution is 14.0. The number of hydrogen-bond acceptors (Lipinski definition) is 2. The molecule has 0 aromatic heterocycles. The molecule has 0 bridgehead atoms. The van der Waals surface area contributed by atoms with Crippen molar-refractivity contribution in [2.75, 3.05) is 7.05 Å². The first-order valence-electron chi connectivity index (χ1n) is 8.21. The van der Waals surface area contributed by atoms with Crippen LogP contribution in [0.2, 0.25) is 0 Å². The van der Waals surface area contributed by atoms with E-state index in [1.807, 2.05) is 30.3 Å². The predicted octanol–water partition coefficient (Wildman–Crippen LogP) is 4.35. The van der Waals surface area contributed by atoms with Crippen LogP contribution >= 0.6 is 24.0 Å². The molecule has 2 aromatic carbocycles. The lowest BCUT2D eigenvalue weighted by molar-refractivity contribution is 0.306. The molecule has 0 amide bonds. The standard InChI is InChI=1S/C20H27N3O.HI/c1-20(2,3)23-19(21-4)22-14-16-10-12-17(13-11-16)15-24-18-8-6-5-7-9-18;/h5-13H,14-15H2,1-4H3,(H2,21,22,23);1H. The lowest BCUT2D eigenvalue weighted by Gasteiger charge is -2.23. The van der Waals surface area contributed by atoms with Gasteiger partial charge in [-0.1, -0.05) is 42.5 Å². The first-order chi connectivity index (χ1) is 11.5. The summed E-state index contributed by atoms with van der Waals surface area (Å²) in [5.41, 5.74) is 2.34. The molecule has 2 aromatic rings. The Kier molecular flexibility index (Phi) is 8.75. The molecule has 0 heterocycles. The van der Waals surface area contributed by atoms with Crippen molar-refractivity contribution in [2.45, 2.75) is 39.5 Å². The summed E-state index contributed by atoms with van der Waals surface area (Å²) in [5.74, 6) is 1.69. The van der Waals surface area contributed by atoms with Crippen LogP contribution in [0.15, 0.2) is 59.6 Å². The first kappa shape index (κ1) is 21.3. The van der Waals surface area contributed by atoms with E-state index in [9.17, 15) is 0 Å². The molecular formula is C20H28IN3O. The van der Waals surface area contributed by atoms with Crippen molar-refractivity contribution < 1.29 is 4.74 Å². The van der Waals surface area contributed by atoms with Crippen molar-refractivity contribution in [3.63, 3.8) is 0 Å². The Morgan fingerprint density at radius 1 is 0.960 bits per heavy atom. The van der Waals surface area contributed by atoms with Crippen molar-refractivity contribution in [1.82, 2.24) is 10.6 Å². The lowest BCUT2D eigenvalue weighted by atomic mass is 10.1. The fraction of sp³-hybridized carbons (Fsp3) is 0.350. The molecule has 0 fully saturated rings. The fourth-order valence-corrected chi connectivity index (χ4v) is 2.16. The molecule has 0 spiro atoms. The molecule has 0 aliphatic carbocycles. The minimum absolute atomic E-state index is 0. The average molecular weight is 453 g/mol. The first-order valence-corrected chi connectivity index (χ1v) is 8.21. The minimum atomic E-state index is -0.0134. The van der Waals surface area contributed by atoms with Crippen molar-refractivity contribution >= 4 is 29.9 Å². The summed E-state index contributed by atoms with van der Waals surface area (Å²) in [6, 6.07) is 18.3. The van der Waals surface area contributed by atoms with Gasteiger partial charge in [-0.05, 0) is 44.0 Å². The van der Waals surface area contributed by atoms with Crippen molar-refractivity contribution in [1.29, 1.82) is 0 Å². The van der Waals surface area contributed by atoms with Gasteiger partial charge < -0.3 is 15.4 Å². The maximum absolute atomic E-state index is 5.76. The third-order valence-electron chi connectivity index (χ3n) is 3.35. The Bertz CT molecular complexity index is 649. The topological polar surface area (TPSA) is 45.7 Å². The van der Waals surface area contributed by atoms with Gasteiger partial charge in [-0.2, -0.15) is 0 Å². The third kappa shape index (κ3) is 8.25. The fourth-order valence-electron chi connectivity index (χ4n) is 2.16. The van der Waals surface area contributed by atoms with Crippen LogP contribution in [0, 0.1) is 0 Å². The summed E-state index contributed by atoms with van der Waals surface area (Å²) in [4.78, 5) is 4.24. The number of halogens is 1. The van der Waals surface area contributed by atoms with Crippen molar-refractivity contribution in [3.8, 4) is 5.75 Å². The van der Waals surface area contributed by atoms with Crippen LogP contribution in [0.5, 0.6) is 5.75 Å². The summed E-state index contributed by atoms with van der Waals surface area (Å²) in [6.07, 6.45) is 0. The molecule has 2 rings (SSSR count). The molecular weight excluding hydrogens is 425 g/mol. The van der Waals surface area contributed by atoms with Gasteiger partial charge in [0, 0.05) is 19.1 Å². The molecule has 0 aliphatic heterocycles. The molecule has 136 valence electrons. The van der Waals surface area contributed by atoms with Gasteiger partial charge in [0.1, 0.15) is 12.4 Å². The van der Waals surface area contributed by atoms with Gasteiger partial charge in [-0.3, -0.25) is 4.99 Å². The average Bonchev–Trinajstić information content (AvgIpc) is 2.57. The van der Waals surface area contributed by atoms with E-state index in [4.69, 9.17) is 4.74 Å². The molecule has 0 unspecified atom stereocenters. The van der Waals surface area contributed by atoms with Crippen LogP contribution in [0.3, 0.4) is 0 Å². The SMILES string of the molecule is CN=C(NCc1ccc(COc2ccccc2)cc1)NC(C)(C)C.I. The molecule has 0 radical (unpaired) electrons. The van der Waals surface area contributed by atoms with E-state index >= 15 is 0 Å². The highest BCUT2D eigenvalue weighted by Crippen LogP contribution is 2.12. The summed E-state index contributed by atoms with van der Waals surface area (Å²) in [6.45, 7) is 7.64. The largest absolute Gasteiger partial charge is 0.489 e. The molecule has 2 N–H and O–H groups in total. The molecule has 4 nitrogen and oxygen atoms in total. The van der Waals surface area contributed by atoms with Crippen LogP contribution in [-0.2, 0) is 13.2 Å². The molecule has 25 heavy (non-hydrogen) atoms. The van der Waals surface area contributed by atoms with Gasteiger partial charge in [-0.25, -0.2) is 0 Å². The Morgan fingerprint density at radius 2 is 1.56 bits per heavy atom. The second-order valence-corrected chi connectivity index (χ2v) is 6.72. The molecule has 0 saturated carbocycles. The normalized spacial score (nSPS) is 11.4. The third-order valence-corrected chi connectivity index (χ3v) is 3.35. The molecule has 0 saturated heterocycles. The number of para-hydroxylation sites is 1. The van der Waals surface area contributed by atoms with E-state index in [0.29, 0.717) is 6.61 Å². The molecule has 0 aliphatic rings. The minimum Gasteiger partial charge on any atom is -0.489 e. The zero-order valence-corrected chi connectivity index (χ0v) is 17.7. The molecule has 5 heteroatoms. The van der Waals surface area contributed by atoms with E-state index in [0.717, 1.165) is 23.8 Å². The van der Waals surface area contributed by atoms with Crippen molar-refractivity contribution in [2.24, 2.45) is 4.99 Å². The predicted molar refractivity (Wildman–Crippen MR) is 116 cm³/mol. The van der Waals surface area contributed by atoms with Gasteiger partial charge in [0.25, 0.3) is 0 Å². The van der Waals surface area contributed by atoms with Crippen LogP contribution < -0.4 is 15.4 Å². The monoisotopic (exact) mass is 453 g/mol. The Morgan fingerprint density at radius 3 is 2.12 bits per heavy atom. The summed E-state index contributed by atoms with van der Waals surface area (Å²) >= 11 is 0. The summed E-state index contributed by atoms with van der Waals surface area (Å²) in [5, 5.41) is 6.67. The maximum atomic E-state index is 5.76. The number of rotatable bonds is 5. The second kappa shape index (κ2) is 10.3. The van der Waals surface area contributed by atoms with Gasteiger partial charge >= 0.3 is 0 Å². The Balaban J connectivity index is 0.00000312. The Labute approximate surface area is 168 Å². The number of guanidine groups is 1. The Hall–Kier alpha value is -1.76. The highest BCUT2D eigenvalue weighted by Gasteiger charge is 2.11. The lowest BCUT2D eigenvalue weighted by Crippen LogP contribution is -2.47. The van der Waals surface area contributed by atoms with Crippen LogP contribution in [0.4, 0.5) is 0 Å². The summed E-state index contributed by atoms with van der Waals surface area (Å²) in [7, 11) is 1.78. The second-order valence-electron chi connectivity index (χ2n) is 6.72.